The van der Waals surface area contributed by atoms with Gasteiger partial charge in [0.15, 0.2) is 11.0 Å². The Labute approximate surface area is 173 Å². The maximum absolute atomic E-state index is 6.26. The maximum atomic E-state index is 6.26. The van der Waals surface area contributed by atoms with Gasteiger partial charge in [-0.25, -0.2) is 0 Å². The molecule has 142 valence electrons. The van der Waals surface area contributed by atoms with E-state index in [1.807, 2.05) is 30.3 Å². The monoisotopic (exact) mass is 421 g/mol. The molecule has 1 heterocycles. The van der Waals surface area contributed by atoms with Gasteiger partial charge in [0.2, 0.25) is 0 Å². The number of aryl methyl sites for hydroxylation is 2. The molecule has 1 aromatic heterocycles. The fourth-order valence-electron chi connectivity index (χ4n) is 2.61. The molecule has 0 spiro atoms. The van der Waals surface area contributed by atoms with E-state index in [-0.39, 0.29) is 0 Å². The summed E-state index contributed by atoms with van der Waals surface area (Å²) in [6.07, 6.45) is 0. The van der Waals surface area contributed by atoms with Crippen LogP contribution in [0.3, 0.4) is 0 Å². The van der Waals surface area contributed by atoms with Gasteiger partial charge in [-0.15, -0.1) is 10.2 Å². The summed E-state index contributed by atoms with van der Waals surface area (Å²) < 4.78 is 7.96. The Bertz CT molecular complexity index is 923. The van der Waals surface area contributed by atoms with Crippen molar-refractivity contribution in [3.8, 4) is 5.75 Å². The quantitative estimate of drug-likeness (QED) is 0.432. The van der Waals surface area contributed by atoms with Crippen molar-refractivity contribution >= 4 is 35.0 Å². The number of benzene rings is 2. The van der Waals surface area contributed by atoms with Gasteiger partial charge >= 0.3 is 0 Å². The lowest BCUT2D eigenvalue weighted by Gasteiger charge is -2.10. The number of aromatic nitrogens is 3. The predicted octanol–water partition coefficient (Wildman–Crippen LogP) is 6.09. The Morgan fingerprint density at radius 2 is 1.78 bits per heavy atom. The Kier molecular flexibility index (Phi) is 6.68. The van der Waals surface area contributed by atoms with Crippen molar-refractivity contribution < 1.29 is 4.74 Å². The first-order valence-corrected chi connectivity index (χ1v) is 10.4. The van der Waals surface area contributed by atoms with E-state index < -0.39 is 0 Å². The van der Waals surface area contributed by atoms with Gasteiger partial charge in [0.1, 0.15) is 12.4 Å². The minimum atomic E-state index is 0.372. The first kappa shape index (κ1) is 20.1. The Hall–Kier alpha value is -1.69. The zero-order chi connectivity index (χ0) is 19.4. The molecule has 0 aliphatic heterocycles. The number of halogens is 2. The van der Waals surface area contributed by atoms with Crippen molar-refractivity contribution in [3.63, 3.8) is 0 Å². The van der Waals surface area contributed by atoms with E-state index in [4.69, 9.17) is 27.9 Å². The third kappa shape index (κ3) is 4.78. The molecule has 27 heavy (non-hydrogen) atoms. The lowest BCUT2D eigenvalue weighted by Crippen LogP contribution is -2.07. The molecule has 3 rings (SSSR count). The van der Waals surface area contributed by atoms with Gasteiger partial charge in [-0.05, 0) is 61.7 Å². The Balaban J connectivity index is 1.70. The lowest BCUT2D eigenvalue weighted by molar-refractivity contribution is 0.288. The van der Waals surface area contributed by atoms with Crippen LogP contribution in [0.5, 0.6) is 5.75 Å². The summed E-state index contributed by atoms with van der Waals surface area (Å²) in [5.41, 5.74) is 3.36. The summed E-state index contributed by atoms with van der Waals surface area (Å²) >= 11 is 14.1. The van der Waals surface area contributed by atoms with Crippen LogP contribution in [0.1, 0.15) is 29.4 Å². The molecule has 0 atom stereocenters. The van der Waals surface area contributed by atoms with Crippen LogP contribution >= 0.6 is 35.0 Å². The van der Waals surface area contributed by atoms with Gasteiger partial charge < -0.3 is 9.30 Å². The van der Waals surface area contributed by atoms with Crippen LogP contribution in [0.4, 0.5) is 0 Å². The number of ether oxygens (including phenoxy) is 1. The fraction of sp³-hybridized carbons (Fsp3) is 0.300. The molecule has 0 saturated heterocycles. The van der Waals surface area contributed by atoms with Crippen molar-refractivity contribution in [1.82, 2.24) is 14.8 Å². The molecule has 0 radical (unpaired) electrons. The van der Waals surface area contributed by atoms with Crippen molar-refractivity contribution in [3.05, 3.63) is 69.0 Å². The molecule has 0 aliphatic carbocycles. The first-order chi connectivity index (χ1) is 13.0. The highest BCUT2D eigenvalue weighted by molar-refractivity contribution is 7.98. The van der Waals surface area contributed by atoms with Gasteiger partial charge in [-0.1, -0.05) is 47.1 Å². The SMILES string of the molecule is CCn1c(COc2ccc(C)c(C)c2)nnc1SCc1c(Cl)cccc1Cl. The van der Waals surface area contributed by atoms with Crippen molar-refractivity contribution in [2.75, 3.05) is 0 Å². The molecule has 0 N–H and O–H groups in total. The van der Waals surface area contributed by atoms with E-state index in [0.29, 0.717) is 22.4 Å². The van der Waals surface area contributed by atoms with Gasteiger partial charge in [0.05, 0.1) is 0 Å². The summed E-state index contributed by atoms with van der Waals surface area (Å²) in [5.74, 6) is 2.26. The fourth-order valence-corrected chi connectivity index (χ4v) is 4.37. The number of rotatable bonds is 7. The molecule has 7 heteroatoms. The maximum Gasteiger partial charge on any atom is 0.191 e. The van der Waals surface area contributed by atoms with Crippen LogP contribution in [0.15, 0.2) is 41.6 Å². The molecule has 0 saturated carbocycles. The molecule has 4 nitrogen and oxygen atoms in total. The minimum absolute atomic E-state index is 0.372. The van der Waals surface area contributed by atoms with Crippen LogP contribution in [0.2, 0.25) is 10.0 Å². The largest absolute Gasteiger partial charge is 0.486 e. The summed E-state index contributed by atoms with van der Waals surface area (Å²) in [6, 6.07) is 11.6. The summed E-state index contributed by atoms with van der Waals surface area (Å²) in [6.45, 7) is 7.36. The molecular weight excluding hydrogens is 401 g/mol. The Morgan fingerprint density at radius 1 is 1.04 bits per heavy atom. The standard InChI is InChI=1S/C20H21Cl2N3OS/c1-4-25-19(11-26-15-9-8-13(2)14(3)10-15)23-24-20(25)27-12-16-17(21)6-5-7-18(16)22/h5-10H,4,11-12H2,1-3H3. The highest BCUT2D eigenvalue weighted by Crippen LogP contribution is 2.31. The zero-order valence-electron chi connectivity index (χ0n) is 15.5. The minimum Gasteiger partial charge on any atom is -0.486 e. The second-order valence-electron chi connectivity index (χ2n) is 6.17. The molecular formula is C20H21Cl2N3OS. The van der Waals surface area contributed by atoms with Crippen molar-refractivity contribution in [2.45, 2.75) is 44.8 Å². The average molecular weight is 422 g/mol. The lowest BCUT2D eigenvalue weighted by atomic mass is 10.1. The van der Waals surface area contributed by atoms with Gasteiger partial charge in [0, 0.05) is 22.3 Å². The molecule has 0 fully saturated rings. The zero-order valence-corrected chi connectivity index (χ0v) is 17.8. The van der Waals surface area contributed by atoms with E-state index in [1.165, 1.54) is 11.1 Å². The van der Waals surface area contributed by atoms with Crippen LogP contribution in [-0.2, 0) is 18.9 Å². The molecule has 0 amide bonds. The van der Waals surface area contributed by atoms with Gasteiger partial charge in [-0.2, -0.15) is 0 Å². The summed E-state index contributed by atoms with van der Waals surface area (Å²) in [5, 5.41) is 10.8. The summed E-state index contributed by atoms with van der Waals surface area (Å²) in [7, 11) is 0. The second kappa shape index (κ2) is 9.00. The average Bonchev–Trinajstić information content (AvgIpc) is 3.04. The predicted molar refractivity (Wildman–Crippen MR) is 112 cm³/mol. The van der Waals surface area contributed by atoms with E-state index in [0.717, 1.165) is 28.8 Å². The highest BCUT2D eigenvalue weighted by atomic mass is 35.5. The van der Waals surface area contributed by atoms with Gasteiger partial charge in [0.25, 0.3) is 0 Å². The highest BCUT2D eigenvalue weighted by Gasteiger charge is 2.14. The van der Waals surface area contributed by atoms with Crippen LogP contribution in [0, 0.1) is 13.8 Å². The van der Waals surface area contributed by atoms with Gasteiger partial charge in [-0.3, -0.25) is 0 Å². The smallest absolute Gasteiger partial charge is 0.191 e. The second-order valence-corrected chi connectivity index (χ2v) is 7.92. The topological polar surface area (TPSA) is 39.9 Å². The van der Waals surface area contributed by atoms with Crippen LogP contribution in [-0.4, -0.2) is 14.8 Å². The van der Waals surface area contributed by atoms with Crippen molar-refractivity contribution in [1.29, 1.82) is 0 Å². The number of nitrogens with zero attached hydrogens (tertiary/aromatic N) is 3. The molecule has 2 aromatic carbocycles. The molecule has 0 unspecified atom stereocenters. The normalized spacial score (nSPS) is 11.0. The molecule has 0 aliphatic rings. The van der Waals surface area contributed by atoms with E-state index >= 15 is 0 Å². The molecule has 3 aromatic rings. The van der Waals surface area contributed by atoms with Crippen LogP contribution < -0.4 is 4.74 Å². The third-order valence-corrected chi connectivity index (χ3v) is 6.06. The van der Waals surface area contributed by atoms with E-state index in [9.17, 15) is 0 Å². The number of thioether (sulfide) groups is 1. The third-order valence-electron chi connectivity index (χ3n) is 4.36. The van der Waals surface area contributed by atoms with E-state index in [2.05, 4.69) is 41.6 Å². The van der Waals surface area contributed by atoms with Crippen molar-refractivity contribution in [2.24, 2.45) is 0 Å². The first-order valence-electron chi connectivity index (χ1n) is 8.67. The molecule has 0 bridgehead atoms. The number of hydrogen-bond donors (Lipinski definition) is 0. The number of hydrogen-bond acceptors (Lipinski definition) is 4. The van der Waals surface area contributed by atoms with Crippen LogP contribution in [0.25, 0.3) is 0 Å². The Morgan fingerprint density at radius 3 is 2.44 bits per heavy atom. The summed E-state index contributed by atoms with van der Waals surface area (Å²) in [4.78, 5) is 0. The van der Waals surface area contributed by atoms with E-state index in [1.54, 1.807) is 11.8 Å².